The van der Waals surface area contributed by atoms with E-state index in [1.165, 1.54) is 0 Å². The Kier molecular flexibility index (Phi) is 7.12. The van der Waals surface area contributed by atoms with Gasteiger partial charge in [0.1, 0.15) is 5.75 Å². The van der Waals surface area contributed by atoms with Crippen LogP contribution in [0.5, 0.6) is 5.75 Å². The van der Waals surface area contributed by atoms with Gasteiger partial charge in [-0.2, -0.15) is 0 Å². The van der Waals surface area contributed by atoms with Crippen molar-refractivity contribution in [2.75, 3.05) is 13.2 Å². The van der Waals surface area contributed by atoms with E-state index in [0.717, 1.165) is 41.8 Å². The van der Waals surface area contributed by atoms with Crippen LogP contribution in [-0.4, -0.2) is 29.9 Å². The topological polar surface area (TPSA) is 80.3 Å². The van der Waals surface area contributed by atoms with E-state index < -0.39 is 0 Å². The van der Waals surface area contributed by atoms with Crippen molar-refractivity contribution >= 4 is 11.8 Å². The Morgan fingerprint density at radius 3 is 2.84 bits per heavy atom. The number of nitrogens with one attached hydrogen (secondary N) is 2. The molecule has 164 valence electrons. The normalized spacial score (nSPS) is 14.3. The molecule has 0 unspecified atom stereocenters. The molecule has 2 N–H and O–H groups in total. The van der Waals surface area contributed by atoms with Crippen LogP contribution in [0.15, 0.2) is 66.9 Å². The van der Waals surface area contributed by atoms with Gasteiger partial charge in [-0.3, -0.25) is 14.6 Å². The van der Waals surface area contributed by atoms with Crippen molar-refractivity contribution in [2.45, 2.75) is 32.2 Å². The third-order valence-corrected chi connectivity index (χ3v) is 5.43. The highest BCUT2D eigenvalue weighted by atomic mass is 16.5. The monoisotopic (exact) mass is 429 g/mol. The summed E-state index contributed by atoms with van der Waals surface area (Å²) in [4.78, 5) is 29.4. The van der Waals surface area contributed by atoms with E-state index in [1.54, 1.807) is 12.3 Å². The summed E-state index contributed by atoms with van der Waals surface area (Å²) >= 11 is 0. The van der Waals surface area contributed by atoms with Gasteiger partial charge in [-0.05, 0) is 72.9 Å². The fourth-order valence-electron chi connectivity index (χ4n) is 3.71. The molecule has 1 aliphatic heterocycles. The van der Waals surface area contributed by atoms with Crippen LogP contribution in [0, 0.1) is 0 Å². The van der Waals surface area contributed by atoms with Gasteiger partial charge in [0.15, 0.2) is 0 Å². The number of carbonyl (C=O) groups is 2. The SMILES string of the molecule is O=C1NCCCCCOc2ccc(C(=O)NCc3ccccn3)cc2Cc2cccc1c2. The first-order valence-corrected chi connectivity index (χ1v) is 11.0. The van der Waals surface area contributed by atoms with Crippen molar-refractivity contribution in [3.05, 3.63) is 94.8 Å². The maximum atomic E-state index is 12.8. The van der Waals surface area contributed by atoms with E-state index in [4.69, 9.17) is 4.74 Å². The fourth-order valence-corrected chi connectivity index (χ4v) is 3.71. The Hall–Kier alpha value is -3.67. The number of hydrogen-bond acceptors (Lipinski definition) is 4. The van der Waals surface area contributed by atoms with Crippen LogP contribution < -0.4 is 15.4 Å². The summed E-state index contributed by atoms with van der Waals surface area (Å²) in [5.74, 6) is 0.562. The zero-order chi connectivity index (χ0) is 22.2. The van der Waals surface area contributed by atoms with Crippen molar-refractivity contribution in [3.63, 3.8) is 0 Å². The molecule has 0 fully saturated rings. The van der Waals surface area contributed by atoms with E-state index in [1.807, 2.05) is 54.6 Å². The third kappa shape index (κ3) is 5.72. The van der Waals surface area contributed by atoms with Gasteiger partial charge in [-0.15, -0.1) is 0 Å². The quantitative estimate of drug-likeness (QED) is 0.662. The number of nitrogens with zero attached hydrogens (tertiary/aromatic N) is 1. The molecule has 0 saturated carbocycles. The standard InChI is InChI=1S/C26H27N3O3/c30-25-20-8-6-7-19(15-20)16-22-17-21(26(31)29-18-23-9-2-4-12-27-23)10-11-24(22)32-14-5-1-3-13-28-25/h2,4,6-12,15,17H,1,3,5,13-14,16,18H2,(H,28,30)(H,29,31). The van der Waals surface area contributed by atoms with Crippen molar-refractivity contribution in [1.82, 2.24) is 15.6 Å². The molecule has 0 radical (unpaired) electrons. The molecule has 0 spiro atoms. The molecule has 1 aliphatic rings. The fraction of sp³-hybridized carbons (Fsp3) is 0.269. The van der Waals surface area contributed by atoms with Gasteiger partial charge in [-0.25, -0.2) is 0 Å². The van der Waals surface area contributed by atoms with Crippen LogP contribution in [0.3, 0.4) is 0 Å². The third-order valence-electron chi connectivity index (χ3n) is 5.43. The van der Waals surface area contributed by atoms with Crippen molar-refractivity contribution in [3.8, 4) is 5.75 Å². The molecular weight excluding hydrogens is 402 g/mol. The molecule has 0 atom stereocenters. The molecule has 0 saturated heterocycles. The minimum Gasteiger partial charge on any atom is -0.493 e. The second-order valence-electron chi connectivity index (χ2n) is 7.87. The predicted octanol–water partition coefficient (Wildman–Crippen LogP) is 3.89. The number of rotatable bonds is 3. The number of hydrogen-bond donors (Lipinski definition) is 2. The Morgan fingerprint density at radius 1 is 1.03 bits per heavy atom. The minimum absolute atomic E-state index is 0.0527. The van der Waals surface area contributed by atoms with Gasteiger partial charge in [0.2, 0.25) is 0 Å². The molecule has 2 heterocycles. The Morgan fingerprint density at radius 2 is 1.97 bits per heavy atom. The number of aromatic nitrogens is 1. The first kappa shape index (κ1) is 21.6. The largest absolute Gasteiger partial charge is 0.493 e. The van der Waals surface area contributed by atoms with E-state index in [2.05, 4.69) is 15.6 Å². The van der Waals surface area contributed by atoms with Gasteiger partial charge in [0, 0.05) is 30.3 Å². The smallest absolute Gasteiger partial charge is 0.251 e. The first-order valence-electron chi connectivity index (χ1n) is 11.0. The lowest BCUT2D eigenvalue weighted by Gasteiger charge is -2.15. The molecular formula is C26H27N3O3. The summed E-state index contributed by atoms with van der Waals surface area (Å²) in [7, 11) is 0. The van der Waals surface area contributed by atoms with Gasteiger partial charge in [-0.1, -0.05) is 18.2 Å². The zero-order valence-corrected chi connectivity index (χ0v) is 18.0. The van der Waals surface area contributed by atoms with Crippen LogP contribution in [0.2, 0.25) is 0 Å². The van der Waals surface area contributed by atoms with E-state index in [-0.39, 0.29) is 11.8 Å². The van der Waals surface area contributed by atoms with Crippen molar-refractivity contribution in [1.29, 1.82) is 0 Å². The maximum Gasteiger partial charge on any atom is 0.251 e. The zero-order valence-electron chi connectivity index (χ0n) is 18.0. The average Bonchev–Trinajstić information content (AvgIpc) is 2.83. The van der Waals surface area contributed by atoms with E-state index in [0.29, 0.717) is 37.2 Å². The summed E-state index contributed by atoms with van der Waals surface area (Å²) in [5, 5.41) is 5.90. The second kappa shape index (κ2) is 10.6. The highest BCUT2D eigenvalue weighted by Gasteiger charge is 2.13. The first-order chi connectivity index (χ1) is 15.7. The summed E-state index contributed by atoms with van der Waals surface area (Å²) in [5.41, 5.74) is 3.93. The lowest BCUT2D eigenvalue weighted by molar-refractivity contribution is 0.0943. The van der Waals surface area contributed by atoms with Crippen molar-refractivity contribution < 1.29 is 14.3 Å². The van der Waals surface area contributed by atoms with Gasteiger partial charge in [0.05, 0.1) is 18.8 Å². The molecule has 4 rings (SSSR count). The summed E-state index contributed by atoms with van der Waals surface area (Å²) in [6.45, 7) is 1.63. The molecule has 6 nitrogen and oxygen atoms in total. The van der Waals surface area contributed by atoms with Gasteiger partial charge < -0.3 is 15.4 Å². The number of benzene rings is 2. The molecule has 32 heavy (non-hydrogen) atoms. The number of ether oxygens (including phenoxy) is 1. The van der Waals surface area contributed by atoms with Gasteiger partial charge >= 0.3 is 0 Å². The predicted molar refractivity (Wildman–Crippen MR) is 123 cm³/mol. The molecule has 2 aromatic carbocycles. The summed E-state index contributed by atoms with van der Waals surface area (Å²) in [6.07, 6.45) is 5.07. The van der Waals surface area contributed by atoms with Crippen LogP contribution in [0.1, 0.15) is 56.8 Å². The highest BCUT2D eigenvalue weighted by Crippen LogP contribution is 2.25. The average molecular weight is 430 g/mol. The van der Waals surface area contributed by atoms with Crippen LogP contribution in [0.25, 0.3) is 0 Å². The van der Waals surface area contributed by atoms with E-state index in [9.17, 15) is 9.59 Å². The Bertz CT molecular complexity index is 1080. The van der Waals surface area contributed by atoms with Crippen LogP contribution >= 0.6 is 0 Å². The molecule has 3 aromatic rings. The lowest BCUT2D eigenvalue weighted by atomic mass is 9.99. The number of fused-ring (bicyclic) bond motifs is 3. The van der Waals surface area contributed by atoms with Crippen molar-refractivity contribution in [2.24, 2.45) is 0 Å². The van der Waals surface area contributed by atoms with Crippen LogP contribution in [-0.2, 0) is 13.0 Å². The van der Waals surface area contributed by atoms with Gasteiger partial charge in [0.25, 0.3) is 11.8 Å². The second-order valence-corrected chi connectivity index (χ2v) is 7.87. The molecule has 2 bridgehead atoms. The number of carbonyl (C=O) groups excluding carboxylic acids is 2. The minimum atomic E-state index is -0.161. The molecule has 0 aliphatic carbocycles. The van der Waals surface area contributed by atoms with Crippen LogP contribution in [0.4, 0.5) is 0 Å². The Balaban J connectivity index is 1.57. The number of pyridine rings is 1. The lowest BCUT2D eigenvalue weighted by Crippen LogP contribution is -2.24. The summed E-state index contributed by atoms with van der Waals surface area (Å²) in [6, 6.07) is 18.8. The maximum absolute atomic E-state index is 12.8. The highest BCUT2D eigenvalue weighted by molar-refractivity contribution is 5.95. The molecule has 1 aromatic heterocycles. The summed E-state index contributed by atoms with van der Waals surface area (Å²) < 4.78 is 6.06. The number of amides is 2. The molecule has 2 amide bonds. The van der Waals surface area contributed by atoms with E-state index >= 15 is 0 Å². The molecule has 6 heteroatoms. The Labute approximate surface area is 188 Å².